The molecule has 5 N–H and O–H groups in total. The van der Waals surface area contributed by atoms with Crippen molar-refractivity contribution < 1.29 is 20.1 Å². The van der Waals surface area contributed by atoms with E-state index in [-0.39, 0.29) is 18.8 Å². The SMILES string of the molecule is CC(CO)(CO)CN=C/C(=C\N)CN1CCC2(CC1)OCC(O)c1cc(Cl)sc12. The molecule has 0 radical (unpaired) electrons. The molecule has 7 nitrogen and oxygen atoms in total. The van der Waals surface area contributed by atoms with Crippen molar-refractivity contribution in [2.75, 3.05) is 46.0 Å². The van der Waals surface area contributed by atoms with E-state index in [9.17, 15) is 15.3 Å². The molecule has 0 amide bonds. The van der Waals surface area contributed by atoms with Crippen molar-refractivity contribution in [3.63, 3.8) is 0 Å². The maximum Gasteiger partial charge on any atom is 0.105 e. The minimum Gasteiger partial charge on any atom is -0.404 e. The molecule has 0 bridgehead atoms. The number of piperidine rings is 1. The van der Waals surface area contributed by atoms with E-state index >= 15 is 0 Å². The summed E-state index contributed by atoms with van der Waals surface area (Å²) in [4.78, 5) is 7.72. The quantitative estimate of drug-likeness (QED) is 0.477. The number of halogens is 1. The lowest BCUT2D eigenvalue weighted by Gasteiger charge is -2.44. The van der Waals surface area contributed by atoms with Crippen molar-refractivity contribution in [2.24, 2.45) is 16.1 Å². The van der Waals surface area contributed by atoms with Crippen molar-refractivity contribution in [3.8, 4) is 0 Å². The molecule has 1 fully saturated rings. The monoisotopic (exact) mass is 443 g/mol. The summed E-state index contributed by atoms with van der Waals surface area (Å²) in [5.41, 5.74) is 6.58. The number of likely N-dealkylation sites (tertiary alicyclic amines) is 1. The van der Waals surface area contributed by atoms with Gasteiger partial charge in [-0.15, -0.1) is 11.3 Å². The molecular weight excluding hydrogens is 414 g/mol. The van der Waals surface area contributed by atoms with Crippen LogP contribution in [0.3, 0.4) is 0 Å². The number of fused-ring (bicyclic) bond motifs is 2. The molecule has 0 aromatic carbocycles. The fourth-order valence-corrected chi connectivity index (χ4v) is 5.23. The molecular formula is C20H30ClN3O4S. The number of rotatable bonds is 7. The second-order valence-electron chi connectivity index (χ2n) is 8.27. The Balaban J connectivity index is 1.59. The highest BCUT2D eigenvalue weighted by atomic mass is 35.5. The smallest absolute Gasteiger partial charge is 0.105 e. The van der Waals surface area contributed by atoms with E-state index in [2.05, 4.69) is 9.89 Å². The molecule has 3 heterocycles. The van der Waals surface area contributed by atoms with Crippen molar-refractivity contribution in [1.29, 1.82) is 0 Å². The molecule has 1 aromatic rings. The third-order valence-corrected chi connectivity index (χ3v) is 7.26. The molecule has 3 rings (SSSR count). The van der Waals surface area contributed by atoms with Crippen LogP contribution in [0.4, 0.5) is 0 Å². The van der Waals surface area contributed by atoms with E-state index < -0.39 is 11.5 Å². The Bertz CT molecular complexity index is 755. The van der Waals surface area contributed by atoms with Gasteiger partial charge in [0, 0.05) is 48.2 Å². The van der Waals surface area contributed by atoms with Crippen LogP contribution in [0.25, 0.3) is 0 Å². The lowest BCUT2D eigenvalue weighted by molar-refractivity contribution is -0.127. The second-order valence-corrected chi connectivity index (χ2v) is 9.95. The first-order valence-corrected chi connectivity index (χ1v) is 11.0. The lowest BCUT2D eigenvalue weighted by atomic mass is 9.84. The fraction of sp³-hybridized carbons (Fsp3) is 0.650. The van der Waals surface area contributed by atoms with Crippen molar-refractivity contribution >= 4 is 29.2 Å². The summed E-state index contributed by atoms with van der Waals surface area (Å²) in [6, 6.07) is 1.86. The largest absolute Gasteiger partial charge is 0.404 e. The van der Waals surface area contributed by atoms with Gasteiger partial charge in [-0.2, -0.15) is 0 Å². The van der Waals surface area contributed by atoms with Gasteiger partial charge in [0.05, 0.1) is 24.2 Å². The van der Waals surface area contributed by atoms with Gasteiger partial charge < -0.3 is 25.8 Å². The number of hydrogen-bond acceptors (Lipinski definition) is 8. The van der Waals surface area contributed by atoms with Crippen LogP contribution >= 0.6 is 22.9 Å². The van der Waals surface area contributed by atoms with Gasteiger partial charge in [-0.1, -0.05) is 18.5 Å². The molecule has 1 unspecified atom stereocenters. The third kappa shape index (κ3) is 5.02. The number of aliphatic imine (C=N–C) groups is 1. The maximum absolute atomic E-state index is 10.2. The first kappa shape index (κ1) is 22.7. The first-order chi connectivity index (χ1) is 13.8. The molecule has 9 heteroatoms. The number of nitrogens with two attached hydrogens (primary N) is 1. The van der Waals surface area contributed by atoms with Gasteiger partial charge in [-0.25, -0.2) is 0 Å². The zero-order valence-electron chi connectivity index (χ0n) is 16.7. The zero-order valence-corrected chi connectivity index (χ0v) is 18.3. The van der Waals surface area contributed by atoms with Gasteiger partial charge >= 0.3 is 0 Å². The fourth-order valence-electron chi connectivity index (χ4n) is 3.74. The Kier molecular flexibility index (Phi) is 7.37. The van der Waals surface area contributed by atoms with Gasteiger partial charge in [0.15, 0.2) is 0 Å². The topological polar surface area (TPSA) is 112 Å². The van der Waals surface area contributed by atoms with E-state index in [1.807, 2.05) is 6.07 Å². The van der Waals surface area contributed by atoms with Gasteiger partial charge in [-0.3, -0.25) is 9.89 Å². The Morgan fingerprint density at radius 2 is 2.14 bits per heavy atom. The molecule has 0 saturated carbocycles. The molecule has 29 heavy (non-hydrogen) atoms. The summed E-state index contributed by atoms with van der Waals surface area (Å²) < 4.78 is 6.81. The van der Waals surface area contributed by atoms with Crippen LogP contribution in [0.2, 0.25) is 4.34 Å². The summed E-state index contributed by atoms with van der Waals surface area (Å²) in [5, 5.41) is 28.9. The van der Waals surface area contributed by atoms with E-state index in [1.165, 1.54) is 11.3 Å². The van der Waals surface area contributed by atoms with Crippen LogP contribution in [-0.4, -0.2) is 72.4 Å². The van der Waals surface area contributed by atoms with Crippen LogP contribution in [0.1, 0.15) is 36.3 Å². The van der Waals surface area contributed by atoms with E-state index in [0.29, 0.717) is 24.0 Å². The van der Waals surface area contributed by atoms with Gasteiger partial charge in [0.25, 0.3) is 0 Å². The molecule has 1 spiro atoms. The van der Waals surface area contributed by atoms with Crippen molar-refractivity contribution in [3.05, 3.63) is 32.6 Å². The first-order valence-electron chi connectivity index (χ1n) is 9.81. The van der Waals surface area contributed by atoms with Crippen LogP contribution in [0.5, 0.6) is 0 Å². The predicted molar refractivity (Wildman–Crippen MR) is 116 cm³/mol. The Morgan fingerprint density at radius 1 is 1.45 bits per heavy atom. The highest BCUT2D eigenvalue weighted by molar-refractivity contribution is 7.16. The molecule has 1 aromatic heterocycles. The summed E-state index contributed by atoms with van der Waals surface area (Å²) in [6.07, 6.45) is 4.31. The molecule has 1 saturated heterocycles. The number of hydrogen-bond donors (Lipinski definition) is 4. The minimum absolute atomic E-state index is 0.125. The maximum atomic E-state index is 10.2. The summed E-state index contributed by atoms with van der Waals surface area (Å²) in [5.74, 6) is 0. The van der Waals surface area contributed by atoms with Crippen LogP contribution in [0.15, 0.2) is 22.8 Å². The molecule has 1 atom stereocenters. The molecule has 2 aliphatic heterocycles. The van der Waals surface area contributed by atoms with Gasteiger partial charge in [-0.05, 0) is 30.7 Å². The van der Waals surface area contributed by atoms with Crippen LogP contribution in [0, 0.1) is 5.41 Å². The minimum atomic E-state index is -0.629. The van der Waals surface area contributed by atoms with E-state index in [0.717, 1.165) is 41.9 Å². The van der Waals surface area contributed by atoms with Crippen LogP contribution < -0.4 is 5.73 Å². The van der Waals surface area contributed by atoms with E-state index in [4.69, 9.17) is 22.1 Å². The number of ether oxygens (including phenoxy) is 1. The summed E-state index contributed by atoms with van der Waals surface area (Å²) >= 11 is 7.72. The number of thiophene rings is 1. The third-order valence-electron chi connectivity index (χ3n) is 5.80. The van der Waals surface area contributed by atoms with Gasteiger partial charge in [0.1, 0.15) is 11.7 Å². The zero-order chi connectivity index (χ0) is 21.1. The van der Waals surface area contributed by atoms with Crippen LogP contribution in [-0.2, 0) is 10.3 Å². The highest BCUT2D eigenvalue weighted by Gasteiger charge is 2.44. The molecule has 0 aliphatic carbocycles. The second kappa shape index (κ2) is 9.43. The number of aliphatic hydroxyl groups is 3. The standard InChI is InChI=1S/C20H30ClN3O4S/c1-19(12-25,13-26)11-23-8-14(7-22)9-24-4-2-20(3-5-24)18-15(6-17(21)29-18)16(27)10-28-20/h6-8,16,25-27H,2-5,9-13,22H2,1H3/b14-7+,23-8?. The average molecular weight is 444 g/mol. The summed E-state index contributed by atoms with van der Waals surface area (Å²) in [6.45, 7) is 4.51. The normalized spacial score (nSPS) is 23.1. The van der Waals surface area contributed by atoms with Crippen molar-refractivity contribution in [1.82, 2.24) is 4.90 Å². The Hall–Kier alpha value is -1.000. The van der Waals surface area contributed by atoms with Gasteiger partial charge in [0.2, 0.25) is 0 Å². The number of nitrogens with zero attached hydrogens (tertiary/aromatic N) is 2. The number of aliphatic hydroxyl groups excluding tert-OH is 3. The molecule has 162 valence electrons. The lowest BCUT2D eigenvalue weighted by Crippen LogP contribution is -2.47. The predicted octanol–water partition coefficient (Wildman–Crippen LogP) is 1.66. The average Bonchev–Trinajstić information content (AvgIpc) is 3.14. The van der Waals surface area contributed by atoms with E-state index in [1.54, 1.807) is 19.3 Å². The highest BCUT2D eigenvalue weighted by Crippen LogP contribution is 2.49. The van der Waals surface area contributed by atoms with Crippen molar-refractivity contribution in [2.45, 2.75) is 31.5 Å². The summed E-state index contributed by atoms with van der Waals surface area (Å²) in [7, 11) is 0. The Morgan fingerprint density at radius 3 is 2.76 bits per heavy atom. The Labute approximate surface area is 180 Å². The molecule has 2 aliphatic rings.